The molecule has 8 nitrogen and oxygen atoms in total. The van der Waals surface area contributed by atoms with E-state index >= 15 is 0 Å². The van der Waals surface area contributed by atoms with Crippen LogP contribution in [0.15, 0.2) is 50.5 Å². The summed E-state index contributed by atoms with van der Waals surface area (Å²) >= 11 is 1.38. The van der Waals surface area contributed by atoms with E-state index in [0.29, 0.717) is 23.3 Å². The van der Waals surface area contributed by atoms with Crippen molar-refractivity contribution in [1.29, 1.82) is 0 Å². The lowest BCUT2D eigenvalue weighted by Crippen LogP contribution is -2.24. The summed E-state index contributed by atoms with van der Waals surface area (Å²) in [4.78, 5) is 31.1. The van der Waals surface area contributed by atoms with E-state index < -0.39 is 22.9 Å². The van der Waals surface area contributed by atoms with Gasteiger partial charge in [-0.25, -0.2) is 0 Å². The third kappa shape index (κ3) is 4.08. The van der Waals surface area contributed by atoms with Crippen LogP contribution in [-0.4, -0.2) is 33.3 Å². The molecule has 4 rings (SSSR count). The van der Waals surface area contributed by atoms with Crippen molar-refractivity contribution < 1.29 is 9.90 Å². The summed E-state index contributed by atoms with van der Waals surface area (Å²) in [7, 11) is 0. The van der Waals surface area contributed by atoms with Gasteiger partial charge in [0.15, 0.2) is 10.7 Å². The lowest BCUT2D eigenvalue weighted by Gasteiger charge is -2.08. The molecule has 1 aromatic heterocycles. The average molecular weight is 383 g/mol. The molecule has 0 saturated heterocycles. The average Bonchev–Trinajstić information content (AvgIpc) is 3.31. The fourth-order valence-electron chi connectivity index (χ4n) is 2.57. The zero-order valence-corrected chi connectivity index (χ0v) is 15.1. The third-order valence-electron chi connectivity index (χ3n) is 4.24. The van der Waals surface area contributed by atoms with E-state index in [0.717, 1.165) is 17.0 Å². The van der Waals surface area contributed by atoms with Crippen LogP contribution in [0.1, 0.15) is 28.8 Å². The number of amides is 1. The Balaban J connectivity index is 1.47. The third-order valence-corrected chi connectivity index (χ3v) is 5.35. The fraction of sp³-hybridized carbons (Fsp3) is 0.278. The van der Waals surface area contributed by atoms with Crippen molar-refractivity contribution in [3.63, 3.8) is 0 Å². The summed E-state index contributed by atoms with van der Waals surface area (Å²) in [6.07, 6.45) is 4.27. The molecule has 0 spiro atoms. The molecule has 0 atom stereocenters. The van der Waals surface area contributed by atoms with Crippen molar-refractivity contribution in [3.8, 4) is 5.88 Å². The lowest BCUT2D eigenvalue weighted by atomic mass is 10.1. The molecule has 1 amide bonds. The Hall–Kier alpha value is -2.94. The molecular formula is C18H17N5O3S. The largest absolute Gasteiger partial charge is 0.493 e. The number of aromatic hydroxyl groups is 1. The second-order valence-electron chi connectivity index (χ2n) is 6.37. The van der Waals surface area contributed by atoms with Gasteiger partial charge in [-0.2, -0.15) is 15.2 Å². The number of aromatic amines is 1. The molecule has 0 radical (unpaired) electrons. The molecule has 2 heterocycles. The first kappa shape index (κ1) is 17.5. The Morgan fingerprint density at radius 2 is 2.07 bits per heavy atom. The van der Waals surface area contributed by atoms with Gasteiger partial charge in [-0.3, -0.25) is 9.59 Å². The maximum Gasteiger partial charge on any atom is 0.268 e. The molecule has 1 saturated carbocycles. The van der Waals surface area contributed by atoms with Gasteiger partial charge in [-0.1, -0.05) is 23.9 Å². The quantitative estimate of drug-likeness (QED) is 0.523. The first-order valence-corrected chi connectivity index (χ1v) is 9.54. The van der Waals surface area contributed by atoms with Crippen LogP contribution in [0.25, 0.3) is 5.70 Å². The van der Waals surface area contributed by atoms with Crippen LogP contribution >= 0.6 is 11.8 Å². The number of anilines is 1. The van der Waals surface area contributed by atoms with Crippen molar-refractivity contribution in [2.75, 3.05) is 17.6 Å². The predicted molar refractivity (Wildman–Crippen MR) is 102 cm³/mol. The summed E-state index contributed by atoms with van der Waals surface area (Å²) < 4.78 is 0. The number of thioether (sulfide) groups is 1. The van der Waals surface area contributed by atoms with E-state index in [1.165, 1.54) is 24.6 Å². The van der Waals surface area contributed by atoms with Crippen LogP contribution in [0.5, 0.6) is 5.88 Å². The van der Waals surface area contributed by atoms with Crippen molar-refractivity contribution in [2.45, 2.75) is 18.0 Å². The minimum absolute atomic E-state index is 0.323. The minimum Gasteiger partial charge on any atom is -0.493 e. The molecule has 1 fully saturated rings. The van der Waals surface area contributed by atoms with Crippen LogP contribution in [0.4, 0.5) is 5.69 Å². The number of rotatable bonds is 6. The minimum atomic E-state index is -0.715. The maximum absolute atomic E-state index is 12.4. The summed E-state index contributed by atoms with van der Waals surface area (Å²) in [5.41, 5.74) is 1.10. The standard InChI is InChI=1S/C18H17N5O3S/c24-15(20-12-5-3-11(4-6-12)13-7-8-19-23-13)14-16(25)21-18(22-17(14)26)27-9-10-1-2-10/h3-7,10H,1-2,8-9H2,(H,20,24)(H2,21,22,25,26). The molecule has 0 bridgehead atoms. The topological polar surface area (TPSA) is 120 Å². The number of hydrogen-bond acceptors (Lipinski definition) is 7. The molecule has 0 unspecified atom stereocenters. The van der Waals surface area contributed by atoms with Crippen molar-refractivity contribution in [3.05, 3.63) is 51.8 Å². The maximum atomic E-state index is 12.4. The number of azo groups is 1. The zero-order valence-electron chi connectivity index (χ0n) is 14.3. The normalized spacial score (nSPS) is 15.6. The summed E-state index contributed by atoms with van der Waals surface area (Å²) in [6, 6.07) is 6.98. The number of carbonyl (C=O) groups excluding carboxylic acids is 1. The highest BCUT2D eigenvalue weighted by Gasteiger charge is 2.23. The molecule has 1 aromatic carbocycles. The van der Waals surface area contributed by atoms with Crippen LogP contribution in [-0.2, 0) is 0 Å². The number of nitrogens with zero attached hydrogens (tertiary/aromatic N) is 3. The Bertz CT molecular complexity index is 993. The van der Waals surface area contributed by atoms with Crippen LogP contribution in [0.3, 0.4) is 0 Å². The second kappa shape index (κ2) is 7.36. The van der Waals surface area contributed by atoms with Gasteiger partial charge >= 0.3 is 0 Å². The monoisotopic (exact) mass is 383 g/mol. The summed E-state index contributed by atoms with van der Waals surface area (Å²) in [6.45, 7) is 0.567. The molecule has 3 N–H and O–H groups in total. The van der Waals surface area contributed by atoms with Crippen molar-refractivity contribution in [2.24, 2.45) is 16.1 Å². The second-order valence-corrected chi connectivity index (χ2v) is 7.38. The van der Waals surface area contributed by atoms with Gasteiger partial charge in [0.05, 0.1) is 12.2 Å². The van der Waals surface area contributed by atoms with Gasteiger partial charge in [0.2, 0.25) is 5.88 Å². The number of H-pyrrole nitrogens is 1. The van der Waals surface area contributed by atoms with Gasteiger partial charge in [-0.15, -0.1) is 0 Å². The van der Waals surface area contributed by atoms with E-state index in [4.69, 9.17) is 0 Å². The molecule has 138 valence electrons. The first-order valence-electron chi connectivity index (χ1n) is 8.55. The molecule has 9 heteroatoms. The molecular weight excluding hydrogens is 366 g/mol. The molecule has 2 aromatic rings. The van der Waals surface area contributed by atoms with Crippen molar-refractivity contribution in [1.82, 2.24) is 9.97 Å². The van der Waals surface area contributed by atoms with Gasteiger partial charge < -0.3 is 15.4 Å². The smallest absolute Gasteiger partial charge is 0.268 e. The Labute approximate surface area is 158 Å². The molecule has 27 heavy (non-hydrogen) atoms. The summed E-state index contributed by atoms with van der Waals surface area (Å²) in [5, 5.41) is 20.9. The zero-order chi connectivity index (χ0) is 18.8. The van der Waals surface area contributed by atoms with E-state index in [9.17, 15) is 14.7 Å². The predicted octanol–water partition coefficient (Wildman–Crippen LogP) is 3.04. The number of hydrogen-bond donors (Lipinski definition) is 3. The van der Waals surface area contributed by atoms with E-state index in [1.807, 2.05) is 6.08 Å². The van der Waals surface area contributed by atoms with Gasteiger partial charge in [-0.05, 0) is 37.0 Å². The Morgan fingerprint density at radius 3 is 2.70 bits per heavy atom. The molecule has 2 aliphatic rings. The lowest BCUT2D eigenvalue weighted by molar-refractivity contribution is 0.102. The van der Waals surface area contributed by atoms with Gasteiger partial charge in [0.25, 0.3) is 11.5 Å². The van der Waals surface area contributed by atoms with Crippen LogP contribution in [0, 0.1) is 5.92 Å². The number of nitrogens with one attached hydrogen (secondary N) is 2. The Kier molecular flexibility index (Phi) is 4.76. The Morgan fingerprint density at radius 1 is 1.30 bits per heavy atom. The highest BCUT2D eigenvalue weighted by molar-refractivity contribution is 7.99. The SMILES string of the molecule is O=C(Nc1ccc(C2=CCN=N2)cc1)c1c(O)nc(SCC2CC2)[nH]c1=O. The van der Waals surface area contributed by atoms with Gasteiger partial charge in [0.1, 0.15) is 0 Å². The summed E-state index contributed by atoms with van der Waals surface area (Å²) in [5.74, 6) is 0.209. The van der Waals surface area contributed by atoms with E-state index in [2.05, 4.69) is 25.5 Å². The molecule has 1 aliphatic carbocycles. The first-order chi connectivity index (χ1) is 13.1. The number of benzene rings is 1. The molecule has 1 aliphatic heterocycles. The van der Waals surface area contributed by atoms with Gasteiger partial charge in [0, 0.05) is 17.0 Å². The fourth-order valence-corrected chi connectivity index (χ4v) is 3.62. The van der Waals surface area contributed by atoms with Crippen LogP contribution < -0.4 is 10.9 Å². The van der Waals surface area contributed by atoms with E-state index in [1.54, 1.807) is 24.3 Å². The van der Waals surface area contributed by atoms with Crippen LogP contribution in [0.2, 0.25) is 0 Å². The number of aromatic nitrogens is 2. The number of carbonyl (C=O) groups is 1. The highest BCUT2D eigenvalue weighted by Crippen LogP contribution is 2.34. The van der Waals surface area contributed by atoms with E-state index in [-0.39, 0.29) is 0 Å². The van der Waals surface area contributed by atoms with Crippen molar-refractivity contribution >= 4 is 29.1 Å². The highest BCUT2D eigenvalue weighted by atomic mass is 32.2.